The highest BCUT2D eigenvalue weighted by atomic mass is 19.4. The van der Waals surface area contributed by atoms with Crippen LogP contribution < -0.4 is 5.32 Å². The van der Waals surface area contributed by atoms with E-state index in [9.17, 15) is 23.1 Å². The molecule has 0 saturated heterocycles. The van der Waals surface area contributed by atoms with Gasteiger partial charge in [0.25, 0.3) is 5.91 Å². The van der Waals surface area contributed by atoms with Gasteiger partial charge in [-0.15, -0.1) is 0 Å². The molecule has 0 heterocycles. The Balaban J connectivity index is 2.64. The first-order valence-corrected chi connectivity index (χ1v) is 4.95. The zero-order chi connectivity index (χ0) is 13.1. The third-order valence-corrected chi connectivity index (χ3v) is 2.06. The molecule has 0 radical (unpaired) electrons. The Morgan fingerprint density at radius 2 is 2.00 bits per heavy atom. The Hall–Kier alpha value is -1.72. The van der Waals surface area contributed by atoms with E-state index in [1.165, 1.54) is 31.2 Å². The van der Waals surface area contributed by atoms with Gasteiger partial charge in [-0.2, -0.15) is 13.2 Å². The molecule has 0 fully saturated rings. The molecular weight excluding hydrogens is 235 g/mol. The summed E-state index contributed by atoms with van der Waals surface area (Å²) in [7, 11) is 0. The molecule has 3 nitrogen and oxygen atoms in total. The second kappa shape index (κ2) is 5.07. The monoisotopic (exact) mass is 247 g/mol. The van der Waals surface area contributed by atoms with Gasteiger partial charge in [0.2, 0.25) is 0 Å². The molecule has 1 aromatic rings. The van der Waals surface area contributed by atoms with E-state index in [0.29, 0.717) is 0 Å². The molecule has 1 unspecified atom stereocenters. The van der Waals surface area contributed by atoms with E-state index in [-0.39, 0.29) is 11.3 Å². The number of carbonyl (C=O) groups excluding carboxylic acids is 1. The van der Waals surface area contributed by atoms with Gasteiger partial charge in [0.05, 0.1) is 12.0 Å². The van der Waals surface area contributed by atoms with Crippen LogP contribution in [0.25, 0.3) is 0 Å². The van der Waals surface area contributed by atoms with Crippen LogP contribution in [0.5, 0.6) is 5.75 Å². The number of benzene rings is 1. The third kappa shape index (κ3) is 4.34. The van der Waals surface area contributed by atoms with Crippen molar-refractivity contribution in [3.05, 3.63) is 29.8 Å². The molecular formula is C11H12F3NO2. The molecule has 2 N–H and O–H groups in total. The quantitative estimate of drug-likeness (QED) is 0.862. The van der Waals surface area contributed by atoms with Crippen molar-refractivity contribution in [1.82, 2.24) is 5.32 Å². The zero-order valence-electron chi connectivity index (χ0n) is 9.08. The molecule has 1 amide bonds. The normalized spacial score (nSPS) is 13.2. The van der Waals surface area contributed by atoms with E-state index in [1.807, 2.05) is 0 Å². The maximum Gasteiger partial charge on any atom is 0.391 e. The predicted molar refractivity (Wildman–Crippen MR) is 55.7 cm³/mol. The van der Waals surface area contributed by atoms with Gasteiger partial charge in [0, 0.05) is 6.04 Å². The van der Waals surface area contributed by atoms with Crippen LogP contribution in [-0.4, -0.2) is 23.2 Å². The topological polar surface area (TPSA) is 49.3 Å². The number of nitrogens with one attached hydrogen (secondary N) is 1. The predicted octanol–water partition coefficient (Wildman–Crippen LogP) is 2.46. The standard InChI is InChI=1S/C11H12F3NO2/c1-7(6-11(12,13)14)15-10(17)8-4-2-3-5-9(8)16/h2-5,7,16H,6H2,1H3,(H,15,17). The molecule has 6 heteroatoms. The van der Waals surface area contributed by atoms with Crippen molar-refractivity contribution in [2.75, 3.05) is 0 Å². The van der Waals surface area contributed by atoms with E-state index in [4.69, 9.17) is 0 Å². The molecule has 17 heavy (non-hydrogen) atoms. The van der Waals surface area contributed by atoms with Gasteiger partial charge in [0.15, 0.2) is 0 Å². The maximum absolute atomic E-state index is 12.0. The van der Waals surface area contributed by atoms with Gasteiger partial charge < -0.3 is 10.4 Å². The van der Waals surface area contributed by atoms with Crippen LogP contribution in [0.3, 0.4) is 0 Å². The van der Waals surface area contributed by atoms with Crippen LogP contribution in [0.4, 0.5) is 13.2 Å². The summed E-state index contributed by atoms with van der Waals surface area (Å²) in [4.78, 5) is 11.5. The van der Waals surface area contributed by atoms with Crippen LogP contribution in [0.1, 0.15) is 23.7 Å². The van der Waals surface area contributed by atoms with Crippen molar-refractivity contribution >= 4 is 5.91 Å². The Morgan fingerprint density at radius 3 is 2.53 bits per heavy atom. The Labute approximate surface area is 96.3 Å². The third-order valence-electron chi connectivity index (χ3n) is 2.06. The van der Waals surface area contributed by atoms with Gasteiger partial charge in [-0.05, 0) is 19.1 Å². The number of rotatable bonds is 3. The zero-order valence-corrected chi connectivity index (χ0v) is 9.08. The summed E-state index contributed by atoms with van der Waals surface area (Å²) in [5.41, 5.74) is -0.0403. The highest BCUT2D eigenvalue weighted by molar-refractivity contribution is 5.96. The molecule has 1 atom stereocenters. The van der Waals surface area contributed by atoms with Crippen molar-refractivity contribution in [1.29, 1.82) is 0 Å². The molecule has 1 rings (SSSR count). The van der Waals surface area contributed by atoms with Crippen molar-refractivity contribution in [2.24, 2.45) is 0 Å². The second-order valence-corrected chi connectivity index (χ2v) is 3.71. The fourth-order valence-corrected chi connectivity index (χ4v) is 1.37. The lowest BCUT2D eigenvalue weighted by Crippen LogP contribution is -2.35. The van der Waals surface area contributed by atoms with Crippen molar-refractivity contribution in [3.8, 4) is 5.75 Å². The van der Waals surface area contributed by atoms with E-state index >= 15 is 0 Å². The van der Waals surface area contributed by atoms with Gasteiger partial charge in [0.1, 0.15) is 5.75 Å². The molecule has 1 aromatic carbocycles. The number of aromatic hydroxyl groups is 1. The first-order valence-electron chi connectivity index (χ1n) is 4.95. The van der Waals surface area contributed by atoms with Crippen LogP contribution in [0, 0.1) is 0 Å². The number of phenols is 1. The molecule has 0 spiro atoms. The number of para-hydroxylation sites is 1. The first-order chi connectivity index (χ1) is 7.79. The summed E-state index contributed by atoms with van der Waals surface area (Å²) in [5, 5.41) is 11.5. The SMILES string of the molecule is CC(CC(F)(F)F)NC(=O)c1ccccc1O. The lowest BCUT2D eigenvalue weighted by atomic mass is 10.1. The summed E-state index contributed by atoms with van der Waals surface area (Å²) in [6, 6.07) is 4.63. The summed E-state index contributed by atoms with van der Waals surface area (Å²) >= 11 is 0. The van der Waals surface area contributed by atoms with Gasteiger partial charge in [-0.3, -0.25) is 4.79 Å². The van der Waals surface area contributed by atoms with Crippen LogP contribution in [0.2, 0.25) is 0 Å². The highest BCUT2D eigenvalue weighted by Crippen LogP contribution is 2.22. The van der Waals surface area contributed by atoms with Gasteiger partial charge in [-0.1, -0.05) is 12.1 Å². The van der Waals surface area contributed by atoms with Crippen molar-refractivity contribution in [2.45, 2.75) is 25.6 Å². The maximum atomic E-state index is 12.0. The summed E-state index contributed by atoms with van der Waals surface area (Å²) in [5.74, 6) is -0.982. The van der Waals surface area contributed by atoms with Crippen molar-refractivity contribution in [3.63, 3.8) is 0 Å². The van der Waals surface area contributed by atoms with Crippen LogP contribution in [-0.2, 0) is 0 Å². The van der Waals surface area contributed by atoms with Gasteiger partial charge in [-0.25, -0.2) is 0 Å². The number of alkyl halides is 3. The minimum atomic E-state index is -4.33. The Kier molecular flexibility index (Phi) is 3.98. The lowest BCUT2D eigenvalue weighted by molar-refractivity contribution is -0.138. The van der Waals surface area contributed by atoms with E-state index in [2.05, 4.69) is 5.32 Å². The summed E-state index contributed by atoms with van der Waals surface area (Å²) in [6.07, 6.45) is -5.43. The second-order valence-electron chi connectivity index (χ2n) is 3.71. The summed E-state index contributed by atoms with van der Waals surface area (Å²) < 4.78 is 36.1. The average Bonchev–Trinajstić information content (AvgIpc) is 2.14. The molecule has 0 bridgehead atoms. The first kappa shape index (κ1) is 13.3. The van der Waals surface area contributed by atoms with E-state index in [0.717, 1.165) is 0 Å². The summed E-state index contributed by atoms with van der Waals surface area (Å²) in [6.45, 7) is 1.26. The molecule has 0 aliphatic heterocycles. The minimum Gasteiger partial charge on any atom is -0.507 e. The number of halogens is 3. The number of hydrogen-bond acceptors (Lipinski definition) is 2. The fourth-order valence-electron chi connectivity index (χ4n) is 1.37. The van der Waals surface area contributed by atoms with Gasteiger partial charge >= 0.3 is 6.18 Å². The Morgan fingerprint density at radius 1 is 1.41 bits per heavy atom. The number of carbonyl (C=O) groups is 1. The molecule has 94 valence electrons. The van der Waals surface area contributed by atoms with Crippen LogP contribution in [0.15, 0.2) is 24.3 Å². The molecule has 0 saturated carbocycles. The molecule has 0 aliphatic carbocycles. The van der Waals surface area contributed by atoms with Crippen LogP contribution >= 0.6 is 0 Å². The largest absolute Gasteiger partial charge is 0.507 e. The van der Waals surface area contributed by atoms with Crippen molar-refractivity contribution < 1.29 is 23.1 Å². The highest BCUT2D eigenvalue weighted by Gasteiger charge is 2.30. The number of hydrogen-bond donors (Lipinski definition) is 2. The molecule has 0 aliphatic rings. The fraction of sp³-hybridized carbons (Fsp3) is 0.364. The number of amides is 1. The number of phenolic OH excluding ortho intramolecular Hbond substituents is 1. The Bertz CT molecular complexity index is 404. The van der Waals surface area contributed by atoms with E-state index < -0.39 is 24.5 Å². The average molecular weight is 247 g/mol. The molecule has 0 aromatic heterocycles. The lowest BCUT2D eigenvalue weighted by Gasteiger charge is -2.16. The smallest absolute Gasteiger partial charge is 0.391 e. The van der Waals surface area contributed by atoms with E-state index in [1.54, 1.807) is 0 Å². The minimum absolute atomic E-state index is 0.0403.